The summed E-state index contributed by atoms with van der Waals surface area (Å²) in [5.41, 5.74) is 1.41. The number of aromatic nitrogens is 2. The third kappa shape index (κ3) is 4.80. The predicted molar refractivity (Wildman–Crippen MR) is 138 cm³/mol. The maximum Gasteiger partial charge on any atom is 0.333 e. The third-order valence-corrected chi connectivity index (χ3v) is 8.45. The molecular weight excluding hydrogens is 549 g/mol. The number of aliphatic imine (C=N–C) groups is 1. The zero-order valence-electron chi connectivity index (χ0n) is 18.1. The summed E-state index contributed by atoms with van der Waals surface area (Å²) >= 11 is 13.0. The number of anilines is 1. The highest BCUT2D eigenvalue weighted by molar-refractivity contribution is 7.92. The first-order chi connectivity index (χ1) is 17.2. The number of nitrogens with one attached hydrogen (secondary N) is 2. The van der Waals surface area contributed by atoms with Gasteiger partial charge in [-0.05, 0) is 48.5 Å². The van der Waals surface area contributed by atoms with E-state index < -0.39 is 16.1 Å². The molecule has 36 heavy (non-hydrogen) atoms. The van der Waals surface area contributed by atoms with Crippen LogP contribution in [0.25, 0.3) is 16.6 Å². The summed E-state index contributed by atoms with van der Waals surface area (Å²) in [5, 5.41) is 2.91. The van der Waals surface area contributed by atoms with Gasteiger partial charge in [0.05, 0.1) is 32.5 Å². The van der Waals surface area contributed by atoms with Crippen LogP contribution >= 0.6 is 34.5 Å². The van der Waals surface area contributed by atoms with Gasteiger partial charge in [-0.3, -0.25) is 9.36 Å². The molecule has 0 radical (unpaired) electrons. The van der Waals surface area contributed by atoms with Gasteiger partial charge in [0, 0.05) is 11.3 Å². The number of thiophene rings is 1. The van der Waals surface area contributed by atoms with Crippen LogP contribution in [0.15, 0.2) is 68.9 Å². The molecule has 0 atom stereocenters. The average Bonchev–Trinajstić information content (AvgIpc) is 3.52. The number of carbonyl (C=O) groups is 1. The van der Waals surface area contributed by atoms with Crippen LogP contribution in [0, 0.1) is 0 Å². The second-order valence-electron chi connectivity index (χ2n) is 7.47. The van der Waals surface area contributed by atoms with Crippen molar-refractivity contribution in [2.24, 2.45) is 4.99 Å². The molecule has 2 amide bonds. The van der Waals surface area contributed by atoms with Gasteiger partial charge in [-0.15, -0.1) is 11.3 Å². The molecule has 0 fully saturated rings. The van der Waals surface area contributed by atoms with Crippen LogP contribution in [0.2, 0.25) is 9.36 Å². The van der Waals surface area contributed by atoms with Gasteiger partial charge < -0.3 is 10.1 Å². The first kappa shape index (κ1) is 24.3. The lowest BCUT2D eigenvalue weighted by Crippen LogP contribution is -2.33. The van der Waals surface area contributed by atoms with Crippen molar-refractivity contribution in [1.82, 2.24) is 14.3 Å². The molecule has 2 aromatic heterocycles. The van der Waals surface area contributed by atoms with Crippen LogP contribution in [0.5, 0.6) is 0 Å². The molecule has 10 nitrogen and oxygen atoms in total. The second-order valence-corrected chi connectivity index (χ2v) is 11.5. The number of urea groups is 1. The predicted octanol–water partition coefficient (Wildman–Crippen LogP) is 4.04. The van der Waals surface area contributed by atoms with E-state index in [-0.39, 0.29) is 24.8 Å². The number of hydrogen-bond donors (Lipinski definition) is 2. The SMILES string of the molecule is O=C(Nc1ccc(-n2cnc3cc(C4=NCCO4)ccc3c2=O)c(Cl)c1)NS(=O)(=O)c1ccc(Cl)s1. The molecular formula is C22H15Cl2N5O5S2. The van der Waals surface area contributed by atoms with Gasteiger partial charge in [0.15, 0.2) is 0 Å². The molecule has 0 saturated carbocycles. The third-order valence-electron chi connectivity index (χ3n) is 5.10. The number of carbonyl (C=O) groups excluding carboxylic acids is 1. The molecule has 2 aromatic carbocycles. The zero-order valence-corrected chi connectivity index (χ0v) is 21.2. The van der Waals surface area contributed by atoms with Crippen molar-refractivity contribution >= 4 is 73.1 Å². The Labute approximate surface area is 218 Å². The number of ether oxygens (including phenoxy) is 1. The monoisotopic (exact) mass is 563 g/mol. The van der Waals surface area contributed by atoms with Crippen molar-refractivity contribution < 1.29 is 17.9 Å². The van der Waals surface area contributed by atoms with Crippen LogP contribution in [-0.2, 0) is 14.8 Å². The Morgan fingerprint density at radius 1 is 1.11 bits per heavy atom. The number of sulfonamides is 1. The first-order valence-corrected chi connectivity index (χ1v) is 13.3. The lowest BCUT2D eigenvalue weighted by molar-refractivity contribution is 0.256. The first-order valence-electron chi connectivity index (χ1n) is 10.3. The summed E-state index contributed by atoms with van der Waals surface area (Å²) < 4.78 is 33.4. The van der Waals surface area contributed by atoms with Gasteiger partial charge in [0.2, 0.25) is 5.90 Å². The number of halogens is 2. The fourth-order valence-electron chi connectivity index (χ4n) is 3.49. The molecule has 0 aliphatic carbocycles. The minimum absolute atomic E-state index is 0.102. The van der Waals surface area contributed by atoms with E-state index in [1.54, 1.807) is 18.2 Å². The van der Waals surface area contributed by atoms with E-state index in [2.05, 4.69) is 15.3 Å². The minimum atomic E-state index is -4.09. The second kappa shape index (κ2) is 9.54. The molecule has 0 spiro atoms. The largest absolute Gasteiger partial charge is 0.476 e. The molecule has 2 N–H and O–H groups in total. The zero-order chi connectivity index (χ0) is 25.4. The molecule has 14 heteroatoms. The van der Waals surface area contributed by atoms with Gasteiger partial charge in [-0.2, -0.15) is 0 Å². The van der Waals surface area contributed by atoms with Gasteiger partial charge >= 0.3 is 6.03 Å². The van der Waals surface area contributed by atoms with Crippen molar-refractivity contribution in [3.63, 3.8) is 0 Å². The van der Waals surface area contributed by atoms with E-state index in [4.69, 9.17) is 27.9 Å². The molecule has 1 aliphatic heterocycles. The summed E-state index contributed by atoms with van der Waals surface area (Å²) in [7, 11) is -4.09. The number of benzene rings is 2. The van der Waals surface area contributed by atoms with E-state index >= 15 is 0 Å². The maximum atomic E-state index is 13.1. The lowest BCUT2D eigenvalue weighted by atomic mass is 10.1. The lowest BCUT2D eigenvalue weighted by Gasteiger charge is -2.12. The van der Waals surface area contributed by atoms with Crippen LogP contribution in [0.1, 0.15) is 5.56 Å². The number of hydrogen-bond acceptors (Lipinski definition) is 8. The summed E-state index contributed by atoms with van der Waals surface area (Å²) in [6, 6.07) is 11.2. The molecule has 3 heterocycles. The Hall–Kier alpha value is -3.45. The van der Waals surface area contributed by atoms with E-state index in [1.165, 1.54) is 41.2 Å². The molecule has 0 unspecified atom stereocenters. The average molecular weight is 564 g/mol. The number of rotatable bonds is 5. The van der Waals surface area contributed by atoms with Gasteiger partial charge in [0.25, 0.3) is 15.6 Å². The Morgan fingerprint density at radius 2 is 1.94 bits per heavy atom. The van der Waals surface area contributed by atoms with Crippen LogP contribution in [-0.4, -0.2) is 43.0 Å². The minimum Gasteiger partial charge on any atom is -0.476 e. The van der Waals surface area contributed by atoms with Crippen molar-refractivity contribution in [2.75, 3.05) is 18.5 Å². The quantitative estimate of drug-likeness (QED) is 0.376. The fraction of sp³-hybridized carbons (Fsp3) is 0.0909. The normalized spacial score (nSPS) is 13.3. The standard InChI is InChI=1S/C22H15Cl2N5O5S2/c23-15-10-13(27-22(31)28-36(32,33)19-6-5-18(24)35-19)2-4-17(15)29-11-26-16-9-12(20-25-7-8-34-20)1-3-14(16)21(29)30/h1-6,9-11H,7-8H2,(H2,27,28,31). The molecule has 0 bridgehead atoms. The van der Waals surface area contributed by atoms with E-state index in [0.717, 1.165) is 16.9 Å². The van der Waals surface area contributed by atoms with Crippen molar-refractivity contribution in [3.05, 3.63) is 80.1 Å². The highest BCUT2D eigenvalue weighted by atomic mass is 35.5. The molecule has 184 valence electrons. The highest BCUT2D eigenvalue weighted by Crippen LogP contribution is 2.26. The van der Waals surface area contributed by atoms with E-state index in [9.17, 15) is 18.0 Å². The van der Waals surface area contributed by atoms with Gasteiger partial charge in [-0.25, -0.2) is 27.9 Å². The van der Waals surface area contributed by atoms with Crippen molar-refractivity contribution in [1.29, 1.82) is 0 Å². The summed E-state index contributed by atoms with van der Waals surface area (Å²) in [4.78, 5) is 34.0. The Morgan fingerprint density at radius 3 is 2.64 bits per heavy atom. The van der Waals surface area contributed by atoms with Gasteiger partial charge in [-0.1, -0.05) is 23.2 Å². The number of amides is 2. The molecule has 0 saturated heterocycles. The number of fused-ring (bicyclic) bond motifs is 1. The summed E-state index contributed by atoms with van der Waals surface area (Å²) in [5.74, 6) is 0.519. The Kier molecular flexibility index (Phi) is 6.43. The van der Waals surface area contributed by atoms with Crippen LogP contribution in [0.3, 0.4) is 0 Å². The maximum absolute atomic E-state index is 13.1. The highest BCUT2D eigenvalue weighted by Gasteiger charge is 2.20. The van der Waals surface area contributed by atoms with Crippen molar-refractivity contribution in [2.45, 2.75) is 4.21 Å². The number of nitrogens with zero attached hydrogens (tertiary/aromatic N) is 3. The summed E-state index contributed by atoms with van der Waals surface area (Å²) in [6.07, 6.45) is 1.35. The Balaban J connectivity index is 1.37. The van der Waals surface area contributed by atoms with Crippen LogP contribution in [0.4, 0.5) is 10.5 Å². The molecule has 5 rings (SSSR count). The van der Waals surface area contributed by atoms with E-state index in [1.807, 2.05) is 4.72 Å². The van der Waals surface area contributed by atoms with Crippen molar-refractivity contribution in [3.8, 4) is 5.69 Å². The van der Waals surface area contributed by atoms with Gasteiger partial charge in [0.1, 0.15) is 17.1 Å². The Bertz CT molecular complexity index is 1720. The fourth-order valence-corrected chi connectivity index (χ4v) is 6.15. The van der Waals surface area contributed by atoms with E-state index in [0.29, 0.717) is 35.6 Å². The summed E-state index contributed by atoms with van der Waals surface area (Å²) in [6.45, 7) is 1.11. The smallest absolute Gasteiger partial charge is 0.333 e. The van der Waals surface area contributed by atoms with Crippen LogP contribution < -0.4 is 15.6 Å². The molecule has 4 aromatic rings. The topological polar surface area (TPSA) is 132 Å². The molecule has 1 aliphatic rings.